The van der Waals surface area contributed by atoms with Gasteiger partial charge in [0.1, 0.15) is 5.03 Å². The van der Waals surface area contributed by atoms with E-state index in [9.17, 15) is 4.79 Å². The summed E-state index contributed by atoms with van der Waals surface area (Å²) in [4.78, 5) is 16.7. The molecule has 23 heavy (non-hydrogen) atoms. The maximum atomic E-state index is 12.0. The molecule has 4 heteroatoms. The first kappa shape index (κ1) is 15.6. The van der Waals surface area contributed by atoms with Crippen molar-refractivity contribution in [1.29, 1.82) is 0 Å². The fourth-order valence-electron chi connectivity index (χ4n) is 2.38. The maximum absolute atomic E-state index is 12.0. The topological polar surface area (TPSA) is 42.0 Å². The van der Waals surface area contributed by atoms with E-state index < -0.39 is 0 Å². The molecule has 3 nitrogen and oxygen atoms in total. The molecular weight excluding hydrogens is 304 g/mol. The van der Waals surface area contributed by atoms with Gasteiger partial charge in [-0.15, -0.1) is 0 Å². The van der Waals surface area contributed by atoms with Crippen LogP contribution in [0.3, 0.4) is 0 Å². The van der Waals surface area contributed by atoms with Crippen LogP contribution >= 0.6 is 11.8 Å². The molecule has 3 rings (SSSR count). The average Bonchev–Trinajstić information content (AvgIpc) is 2.54. The van der Waals surface area contributed by atoms with Crippen molar-refractivity contribution >= 4 is 34.3 Å². The summed E-state index contributed by atoms with van der Waals surface area (Å²) in [6.07, 6.45) is 0. The Morgan fingerprint density at radius 2 is 1.87 bits per heavy atom. The number of thioether (sulfide) groups is 1. The standard InChI is InChI=1S/C19H18N2OS/c1-13-8-9-17-15(10-13)11-14(2)19(21-17)23-12-18(22)20-16-6-4-3-5-7-16/h3-11H,12H2,1-2H3,(H,20,22). The smallest absolute Gasteiger partial charge is 0.234 e. The van der Waals surface area contributed by atoms with E-state index in [1.807, 2.05) is 43.3 Å². The van der Waals surface area contributed by atoms with Gasteiger partial charge in [0.05, 0.1) is 11.3 Å². The predicted molar refractivity (Wildman–Crippen MR) is 97.0 cm³/mol. The minimum absolute atomic E-state index is 0.0218. The van der Waals surface area contributed by atoms with Crippen molar-refractivity contribution in [2.45, 2.75) is 18.9 Å². The van der Waals surface area contributed by atoms with Crippen LogP contribution in [0.4, 0.5) is 5.69 Å². The molecule has 3 aromatic rings. The zero-order valence-corrected chi connectivity index (χ0v) is 14.0. The Morgan fingerprint density at radius 3 is 2.65 bits per heavy atom. The number of nitrogens with zero attached hydrogens (tertiary/aromatic N) is 1. The quantitative estimate of drug-likeness (QED) is 0.715. The monoisotopic (exact) mass is 322 g/mol. The van der Waals surface area contributed by atoms with Crippen LogP contribution in [0.15, 0.2) is 59.6 Å². The third-order valence-corrected chi connectivity index (χ3v) is 4.61. The lowest BCUT2D eigenvalue weighted by atomic mass is 10.1. The van der Waals surface area contributed by atoms with Gasteiger partial charge < -0.3 is 5.32 Å². The highest BCUT2D eigenvalue weighted by molar-refractivity contribution is 8.00. The number of aryl methyl sites for hydroxylation is 2. The summed E-state index contributed by atoms with van der Waals surface area (Å²) in [5, 5.41) is 4.94. The number of hydrogen-bond acceptors (Lipinski definition) is 3. The van der Waals surface area contributed by atoms with E-state index >= 15 is 0 Å². The van der Waals surface area contributed by atoms with Crippen molar-refractivity contribution in [3.8, 4) is 0 Å². The summed E-state index contributed by atoms with van der Waals surface area (Å²) in [6.45, 7) is 4.11. The van der Waals surface area contributed by atoms with Crippen molar-refractivity contribution in [2.75, 3.05) is 11.1 Å². The number of para-hydroxylation sites is 1. The lowest BCUT2D eigenvalue weighted by Gasteiger charge is -2.08. The largest absolute Gasteiger partial charge is 0.325 e. The van der Waals surface area contributed by atoms with Crippen LogP contribution in [0, 0.1) is 13.8 Å². The predicted octanol–water partition coefficient (Wildman–Crippen LogP) is 4.58. The Bertz CT molecular complexity index is 847. The second kappa shape index (κ2) is 6.84. The SMILES string of the molecule is Cc1ccc2nc(SCC(=O)Nc3ccccc3)c(C)cc2c1. The van der Waals surface area contributed by atoms with Crippen molar-refractivity contribution in [1.82, 2.24) is 4.98 Å². The Kier molecular flexibility index (Phi) is 4.63. The molecule has 1 heterocycles. The van der Waals surface area contributed by atoms with Gasteiger partial charge in [-0.25, -0.2) is 4.98 Å². The minimum Gasteiger partial charge on any atom is -0.325 e. The lowest BCUT2D eigenvalue weighted by Crippen LogP contribution is -2.14. The van der Waals surface area contributed by atoms with Crippen molar-refractivity contribution in [2.24, 2.45) is 0 Å². The summed E-state index contributed by atoms with van der Waals surface area (Å²) < 4.78 is 0. The Balaban J connectivity index is 1.70. The van der Waals surface area contributed by atoms with Crippen LogP contribution in [0.1, 0.15) is 11.1 Å². The molecule has 0 aliphatic rings. The molecule has 0 spiro atoms. The summed E-state index contributed by atoms with van der Waals surface area (Å²) in [6, 6.07) is 17.8. The van der Waals surface area contributed by atoms with Gasteiger partial charge in [-0.2, -0.15) is 0 Å². The Labute approximate surface area is 140 Å². The lowest BCUT2D eigenvalue weighted by molar-refractivity contribution is -0.113. The summed E-state index contributed by atoms with van der Waals surface area (Å²) in [5.41, 5.74) is 4.10. The zero-order valence-electron chi connectivity index (χ0n) is 13.2. The highest BCUT2D eigenvalue weighted by Gasteiger charge is 2.08. The number of anilines is 1. The number of fused-ring (bicyclic) bond motifs is 1. The highest BCUT2D eigenvalue weighted by Crippen LogP contribution is 2.25. The Hall–Kier alpha value is -2.33. The second-order valence-electron chi connectivity index (χ2n) is 5.51. The van der Waals surface area contributed by atoms with Gasteiger partial charge >= 0.3 is 0 Å². The summed E-state index contributed by atoms with van der Waals surface area (Å²) in [5.74, 6) is 0.325. The van der Waals surface area contributed by atoms with Crippen molar-refractivity contribution in [3.63, 3.8) is 0 Å². The first-order valence-electron chi connectivity index (χ1n) is 7.47. The molecule has 0 saturated carbocycles. The van der Waals surface area contributed by atoms with Crippen LogP contribution in [-0.2, 0) is 4.79 Å². The maximum Gasteiger partial charge on any atom is 0.234 e. The van der Waals surface area contributed by atoms with Crippen LogP contribution < -0.4 is 5.32 Å². The number of amides is 1. The molecule has 0 radical (unpaired) electrons. The summed E-state index contributed by atoms with van der Waals surface area (Å²) in [7, 11) is 0. The molecule has 0 unspecified atom stereocenters. The first-order chi connectivity index (χ1) is 11.1. The van der Waals surface area contributed by atoms with Crippen molar-refractivity contribution < 1.29 is 4.79 Å². The van der Waals surface area contributed by atoms with Crippen LogP contribution in [0.2, 0.25) is 0 Å². The van der Waals surface area contributed by atoms with E-state index in [0.717, 1.165) is 27.2 Å². The number of carbonyl (C=O) groups excluding carboxylic acids is 1. The van der Waals surface area contributed by atoms with Gasteiger partial charge in [-0.3, -0.25) is 4.79 Å². The third kappa shape index (κ3) is 3.90. The molecule has 1 amide bonds. The molecule has 2 aromatic carbocycles. The summed E-state index contributed by atoms with van der Waals surface area (Å²) >= 11 is 1.47. The molecule has 1 aromatic heterocycles. The molecule has 0 bridgehead atoms. The van der Waals surface area contributed by atoms with E-state index in [1.54, 1.807) is 0 Å². The number of benzene rings is 2. The second-order valence-corrected chi connectivity index (χ2v) is 6.47. The highest BCUT2D eigenvalue weighted by atomic mass is 32.2. The molecule has 0 atom stereocenters. The molecule has 0 aliphatic heterocycles. The first-order valence-corrected chi connectivity index (χ1v) is 8.46. The molecule has 0 aliphatic carbocycles. The van der Waals surface area contributed by atoms with Gasteiger partial charge in [-0.05, 0) is 49.7 Å². The number of carbonyl (C=O) groups is 1. The van der Waals surface area contributed by atoms with E-state index in [2.05, 4.69) is 35.4 Å². The fraction of sp³-hybridized carbons (Fsp3) is 0.158. The van der Waals surface area contributed by atoms with Gasteiger partial charge in [0.25, 0.3) is 0 Å². The van der Waals surface area contributed by atoms with Crippen molar-refractivity contribution in [3.05, 3.63) is 65.7 Å². The molecular formula is C19H18N2OS. The number of nitrogens with one attached hydrogen (secondary N) is 1. The van der Waals surface area contributed by atoms with E-state index in [0.29, 0.717) is 5.75 Å². The van der Waals surface area contributed by atoms with Crippen LogP contribution in [0.25, 0.3) is 10.9 Å². The van der Waals surface area contributed by atoms with Gasteiger partial charge in [0.2, 0.25) is 5.91 Å². The zero-order chi connectivity index (χ0) is 16.2. The van der Waals surface area contributed by atoms with Gasteiger partial charge in [-0.1, -0.05) is 41.6 Å². The van der Waals surface area contributed by atoms with Gasteiger partial charge in [0.15, 0.2) is 0 Å². The normalized spacial score (nSPS) is 10.7. The minimum atomic E-state index is -0.0218. The number of aromatic nitrogens is 1. The van der Waals surface area contributed by atoms with E-state index in [-0.39, 0.29) is 5.91 Å². The van der Waals surface area contributed by atoms with E-state index in [4.69, 9.17) is 0 Å². The molecule has 116 valence electrons. The van der Waals surface area contributed by atoms with E-state index in [1.165, 1.54) is 17.3 Å². The van der Waals surface area contributed by atoms with Crippen LogP contribution in [-0.4, -0.2) is 16.6 Å². The average molecular weight is 322 g/mol. The molecule has 1 N–H and O–H groups in total. The third-order valence-electron chi connectivity index (χ3n) is 3.51. The number of pyridine rings is 1. The molecule has 0 fully saturated rings. The fourth-order valence-corrected chi connectivity index (χ4v) is 3.17. The molecule has 0 saturated heterocycles. The van der Waals surface area contributed by atoms with Gasteiger partial charge in [0, 0.05) is 11.1 Å². The van der Waals surface area contributed by atoms with Crippen LogP contribution in [0.5, 0.6) is 0 Å². The number of rotatable bonds is 4. The Morgan fingerprint density at radius 1 is 1.09 bits per heavy atom. The number of hydrogen-bond donors (Lipinski definition) is 1.